The van der Waals surface area contributed by atoms with Gasteiger partial charge >= 0.3 is 0 Å². The van der Waals surface area contributed by atoms with E-state index < -0.39 is 0 Å². The summed E-state index contributed by atoms with van der Waals surface area (Å²) in [7, 11) is 0. The average molecular weight is 1960 g/mol. The Morgan fingerprint density at radius 2 is 0.415 bits per heavy atom. The molecule has 0 atom stereocenters. The number of para-hydroxylation sites is 2. The Morgan fingerprint density at radius 1 is 0.122 bits per heavy atom. The van der Waals surface area contributed by atoms with Crippen LogP contribution in [0.5, 0.6) is 0 Å². The smallest absolute Gasteiger partial charge is 0.160 e. The number of hydrogen-bond donors (Lipinski definition) is 0. The van der Waals surface area contributed by atoms with E-state index in [1.807, 2.05) is 148 Å². The van der Waals surface area contributed by atoms with Gasteiger partial charge in [-0.2, -0.15) is 0 Å². The minimum atomic E-state index is 0.745. The molecule has 30 rings (SSSR count). The number of rotatable bonds is 12. The van der Waals surface area contributed by atoms with Crippen molar-refractivity contribution in [2.45, 2.75) is 0 Å². The van der Waals surface area contributed by atoms with E-state index in [0.717, 1.165) is 140 Å². The summed E-state index contributed by atoms with van der Waals surface area (Å²) in [6.45, 7) is 0. The second-order valence-corrected chi connectivity index (χ2v) is 42.0. The number of nitrogens with zero attached hydrogens (tertiary/aromatic N) is 8. The van der Waals surface area contributed by atoms with Crippen LogP contribution >= 0.6 is 56.7 Å². The van der Waals surface area contributed by atoms with Gasteiger partial charge in [0.2, 0.25) is 0 Å². The van der Waals surface area contributed by atoms with Crippen LogP contribution in [0, 0.1) is 0 Å². The molecule has 0 unspecified atom stereocenters. The molecule has 0 aliphatic carbocycles. The molecule has 0 aliphatic heterocycles. The van der Waals surface area contributed by atoms with Crippen LogP contribution in [0.1, 0.15) is 0 Å². The van der Waals surface area contributed by atoms with E-state index in [4.69, 9.17) is 34.9 Å². The van der Waals surface area contributed by atoms with Gasteiger partial charge in [-0.1, -0.05) is 358 Å². The Balaban J connectivity index is 0.0000000973. The van der Waals surface area contributed by atoms with Crippen LogP contribution < -0.4 is 0 Å². The maximum atomic E-state index is 5.21. The Hall–Kier alpha value is -17.9. The van der Waals surface area contributed by atoms with Gasteiger partial charge in [0.25, 0.3) is 0 Å². The second-order valence-electron chi connectivity index (χ2n) is 36.6. The van der Waals surface area contributed by atoms with Crippen molar-refractivity contribution in [2.24, 2.45) is 0 Å². The fourth-order valence-corrected chi connectivity index (χ4v) is 26.0. The van der Waals surface area contributed by atoms with Gasteiger partial charge in [0, 0.05) is 168 Å². The Morgan fingerprint density at radius 3 is 0.878 bits per heavy atom. The topological polar surface area (TPSA) is 103 Å². The molecule has 10 heterocycles. The largest absolute Gasteiger partial charge is 0.256 e. The third-order valence-corrected chi connectivity index (χ3v) is 33.2. The van der Waals surface area contributed by atoms with Gasteiger partial charge in [-0.3, -0.25) is 4.98 Å². The molecule has 0 saturated carbocycles. The van der Waals surface area contributed by atoms with Gasteiger partial charge in [0.15, 0.2) is 11.6 Å². The average Bonchev–Trinajstić information content (AvgIpc) is 1.72. The third-order valence-electron chi connectivity index (χ3n) is 27.6. The molecule has 0 N–H and O–H groups in total. The van der Waals surface area contributed by atoms with E-state index in [-0.39, 0.29) is 0 Å². The van der Waals surface area contributed by atoms with Gasteiger partial charge in [-0.25, -0.2) is 34.9 Å². The normalized spacial score (nSPS) is 11.5. The van der Waals surface area contributed by atoms with Crippen LogP contribution in [0.25, 0.3) is 279 Å². The first-order chi connectivity index (χ1) is 72.8. The minimum absolute atomic E-state index is 0.745. The molecule has 30 aromatic rings. The van der Waals surface area contributed by atoms with Gasteiger partial charge in [-0.15, -0.1) is 56.7 Å². The summed E-state index contributed by atoms with van der Waals surface area (Å²) in [4.78, 5) is 40.2. The highest BCUT2D eigenvalue weighted by Gasteiger charge is 2.23. The molecule has 0 bridgehead atoms. The summed E-state index contributed by atoms with van der Waals surface area (Å²) in [5.74, 6) is 1.49. The highest BCUT2D eigenvalue weighted by atomic mass is 32.1. The molecule has 147 heavy (non-hydrogen) atoms. The molecule has 0 aliphatic rings. The lowest BCUT2D eigenvalue weighted by molar-refractivity contribution is 1.23. The van der Waals surface area contributed by atoms with Crippen molar-refractivity contribution in [2.75, 3.05) is 0 Å². The number of thiophene rings is 5. The number of fused-ring (bicyclic) bond motifs is 19. The number of benzene rings is 20. The van der Waals surface area contributed by atoms with Crippen LogP contribution in [-0.2, 0) is 0 Å². The first-order valence-corrected chi connectivity index (χ1v) is 53.1. The van der Waals surface area contributed by atoms with E-state index in [1.54, 1.807) is 0 Å². The second kappa shape index (κ2) is 38.1. The molecular weight excluding hydrogens is 1880 g/mol. The maximum absolute atomic E-state index is 5.21. The van der Waals surface area contributed by atoms with E-state index in [9.17, 15) is 0 Å². The zero-order chi connectivity index (χ0) is 97.2. The quantitative estimate of drug-likeness (QED) is 0.119. The van der Waals surface area contributed by atoms with Gasteiger partial charge in [0.1, 0.15) is 0 Å². The molecule has 13 heteroatoms. The molecule has 0 radical (unpaired) electrons. The molecule has 0 amide bonds. The van der Waals surface area contributed by atoms with Crippen molar-refractivity contribution in [3.63, 3.8) is 0 Å². The van der Waals surface area contributed by atoms with Crippen LogP contribution in [0.3, 0.4) is 0 Å². The van der Waals surface area contributed by atoms with Crippen LogP contribution in [0.4, 0.5) is 0 Å². The fourth-order valence-electron chi connectivity index (χ4n) is 20.3. The molecule has 0 spiro atoms. The highest BCUT2D eigenvalue weighted by Crippen LogP contribution is 2.47. The lowest BCUT2D eigenvalue weighted by Crippen LogP contribution is -1.95. The predicted octanol–water partition coefficient (Wildman–Crippen LogP) is 38.4. The van der Waals surface area contributed by atoms with E-state index in [2.05, 4.69) is 411 Å². The van der Waals surface area contributed by atoms with E-state index >= 15 is 0 Å². The molecule has 0 saturated heterocycles. The first-order valence-electron chi connectivity index (χ1n) is 49.0. The fraction of sp³-hybridized carbons (Fsp3) is 0. The number of aromatic nitrogens is 8. The van der Waals surface area contributed by atoms with Gasteiger partial charge in [-0.05, 0) is 178 Å². The first kappa shape index (κ1) is 88.0. The molecular formula is C134H82N8S5. The Labute approximate surface area is 866 Å². The van der Waals surface area contributed by atoms with Crippen molar-refractivity contribution in [1.82, 2.24) is 39.9 Å². The predicted molar refractivity (Wildman–Crippen MR) is 628 cm³/mol. The summed E-state index contributed by atoms with van der Waals surface area (Å²) in [5.41, 5.74) is 28.3. The van der Waals surface area contributed by atoms with Crippen LogP contribution in [0.15, 0.2) is 498 Å². The lowest BCUT2D eigenvalue weighted by Gasteiger charge is -2.12. The third kappa shape index (κ3) is 17.0. The lowest BCUT2D eigenvalue weighted by atomic mass is 9.97. The zero-order valence-electron chi connectivity index (χ0n) is 79.0. The number of hydrogen-bond acceptors (Lipinski definition) is 13. The van der Waals surface area contributed by atoms with Gasteiger partial charge < -0.3 is 0 Å². The summed E-state index contributed by atoms with van der Waals surface area (Å²) >= 11 is 9.24. The maximum Gasteiger partial charge on any atom is 0.160 e. The summed E-state index contributed by atoms with van der Waals surface area (Å²) < 4.78 is 13.1. The van der Waals surface area contributed by atoms with Gasteiger partial charge in [0.05, 0.1) is 61.7 Å². The highest BCUT2D eigenvalue weighted by molar-refractivity contribution is 7.27. The SMILES string of the molecule is c1cc(-c2ccc3c(c2)sc2ccccc23)cc(-c2nc3ccccc3nc2-c2ccc3sc4ccccc4c3c2)c1.c1ccc(-c2nc(-c3cccc(-c4ccc5c(c4)sc4ccccc45)c3)cc3ncccc23)cc1.c1ccc(-c2nc(-c3ccccc3)c3cc(-c4ccc5c(c4)sc4ccccc45)ccc3n2)cc1.c1ccc(-c2nc(-c3ccccc3)c3ccc(-c4ccc5c(c4)sc4ccccc45)cc3n2)cc1. The van der Waals surface area contributed by atoms with Crippen LogP contribution in [0.2, 0.25) is 0 Å². The van der Waals surface area contributed by atoms with Crippen molar-refractivity contribution >= 4 is 201 Å². The Kier molecular flexibility index (Phi) is 22.8. The number of pyridine rings is 2. The summed E-state index contributed by atoms with van der Waals surface area (Å²) in [5, 5.41) is 16.3. The standard InChI is InChI=1S/C38H22N2S2.3C32H20N2S/c1-5-14-33-27(10-1)29-18-16-24(22-36(29)42-33)23-8-7-9-25(20-23)37-38(40-32-13-4-3-12-31(32)39-37)26-17-19-35-30(21-26)28-11-2-6-15-34(28)41-35;1-3-9-21(10-4-1)31-27-19-23(16-18-28(27)33-32(34-31)22-11-5-2-6-12-22)24-15-17-26-25-13-7-8-14-29(25)35-30(26)20-24;1-3-9-21(10-4-1)31-27-18-16-23(19-28(27)33-32(34-31)22-11-5-2-6-12-22)24-15-17-26-25-13-7-8-14-29(25)35-30(26)20-24;1-2-8-21(9-3-1)32-27-13-7-17-33-29(27)20-28(34-32)24-11-6-10-22(18-24)23-15-16-26-25-12-4-5-14-30(25)35-31(26)19-23/h1-22H;3*1-20H. The monoisotopic (exact) mass is 1960 g/mol. The molecule has 0 fully saturated rings. The summed E-state index contributed by atoms with van der Waals surface area (Å²) in [6, 6.07) is 173. The van der Waals surface area contributed by atoms with Crippen molar-refractivity contribution in [3.05, 3.63) is 498 Å². The van der Waals surface area contributed by atoms with Crippen molar-refractivity contribution in [3.8, 4) is 135 Å². The van der Waals surface area contributed by atoms with Crippen molar-refractivity contribution < 1.29 is 0 Å². The molecule has 8 nitrogen and oxygen atoms in total. The molecule has 20 aromatic carbocycles. The molecule has 688 valence electrons. The van der Waals surface area contributed by atoms with E-state index in [1.165, 1.54) is 140 Å². The minimum Gasteiger partial charge on any atom is -0.256 e. The van der Waals surface area contributed by atoms with E-state index in [0.29, 0.717) is 0 Å². The Bertz CT molecular complexity index is 10400. The molecule has 10 aromatic heterocycles. The van der Waals surface area contributed by atoms with Crippen LogP contribution in [-0.4, -0.2) is 39.9 Å². The van der Waals surface area contributed by atoms with Crippen molar-refractivity contribution in [1.29, 1.82) is 0 Å². The summed E-state index contributed by atoms with van der Waals surface area (Å²) in [6.07, 6.45) is 1.84. The zero-order valence-corrected chi connectivity index (χ0v) is 83.0.